The molecule has 4 N–H and O–H groups in total. The minimum Gasteiger partial charge on any atom is -0.457 e. The fraction of sp³-hybridized carbons (Fsp3) is 0.267. The zero-order chi connectivity index (χ0) is 28.3. The molecule has 3 heterocycles. The van der Waals surface area contributed by atoms with Gasteiger partial charge in [0.15, 0.2) is 0 Å². The summed E-state index contributed by atoms with van der Waals surface area (Å²) in [4.78, 5) is 28.9. The van der Waals surface area contributed by atoms with Crippen LogP contribution in [0.1, 0.15) is 42.4 Å². The summed E-state index contributed by atoms with van der Waals surface area (Å²) in [5, 5.41) is 16.6. The lowest BCUT2D eigenvalue weighted by Gasteiger charge is -2.19. The number of pyridine rings is 1. The van der Waals surface area contributed by atoms with Crippen molar-refractivity contribution in [3.63, 3.8) is 0 Å². The fourth-order valence-electron chi connectivity index (χ4n) is 4.40. The molecule has 5 rings (SSSR count). The van der Waals surface area contributed by atoms with E-state index in [1.165, 1.54) is 17.3 Å². The molecule has 10 heteroatoms. The summed E-state index contributed by atoms with van der Waals surface area (Å²) in [6.45, 7) is 8.02. The van der Waals surface area contributed by atoms with Crippen LogP contribution >= 0.6 is 0 Å². The molecular formula is C30H33N7O3. The van der Waals surface area contributed by atoms with E-state index < -0.39 is 0 Å². The lowest BCUT2D eigenvalue weighted by molar-refractivity contribution is 0.0957. The minimum atomic E-state index is -0.380. The lowest BCUT2D eigenvalue weighted by Crippen LogP contribution is -2.23. The summed E-state index contributed by atoms with van der Waals surface area (Å²) in [5.74, 6) is 0.737. The van der Waals surface area contributed by atoms with Crippen molar-refractivity contribution in [1.29, 1.82) is 0 Å². The maximum Gasteiger partial charge on any atom is 0.323 e. The number of carbonyl (C=O) groups excluding carboxylic acids is 2. The SMILES string of the molecule is CNC(=O)c1cc(Oc2ccc(NC(=O)Nc3cn(C(C)(C)C)nc3-c3ccc4c(c3)CCNC4)cc2)ccn1. The van der Waals surface area contributed by atoms with Crippen molar-refractivity contribution in [2.24, 2.45) is 0 Å². The van der Waals surface area contributed by atoms with Gasteiger partial charge in [-0.1, -0.05) is 12.1 Å². The van der Waals surface area contributed by atoms with Crippen molar-refractivity contribution in [1.82, 2.24) is 25.4 Å². The molecule has 0 atom stereocenters. The Morgan fingerprint density at radius 1 is 0.975 bits per heavy atom. The summed E-state index contributed by atoms with van der Waals surface area (Å²) < 4.78 is 7.72. The molecule has 2 aromatic carbocycles. The van der Waals surface area contributed by atoms with Crippen LogP contribution in [-0.2, 0) is 18.5 Å². The Hall–Kier alpha value is -4.70. The predicted octanol–water partition coefficient (Wildman–Crippen LogP) is 5.14. The lowest BCUT2D eigenvalue weighted by atomic mass is 9.97. The van der Waals surface area contributed by atoms with Crippen molar-refractivity contribution in [2.75, 3.05) is 24.2 Å². The molecule has 0 spiro atoms. The van der Waals surface area contributed by atoms with E-state index in [-0.39, 0.29) is 23.2 Å². The highest BCUT2D eigenvalue weighted by molar-refractivity contribution is 6.02. The number of anilines is 2. The number of hydrogen-bond acceptors (Lipinski definition) is 6. The quantitative estimate of drug-likeness (QED) is 0.269. The molecule has 0 fully saturated rings. The van der Waals surface area contributed by atoms with Crippen molar-refractivity contribution >= 4 is 23.3 Å². The Labute approximate surface area is 233 Å². The highest BCUT2D eigenvalue weighted by Crippen LogP contribution is 2.32. The van der Waals surface area contributed by atoms with Crippen LogP contribution < -0.4 is 26.0 Å². The molecule has 0 aliphatic carbocycles. The second-order valence-electron chi connectivity index (χ2n) is 10.6. The van der Waals surface area contributed by atoms with Gasteiger partial charge in [-0.05, 0) is 81.3 Å². The summed E-state index contributed by atoms with van der Waals surface area (Å²) >= 11 is 0. The average Bonchev–Trinajstić information content (AvgIpc) is 3.38. The topological polar surface area (TPSA) is 122 Å². The number of aromatic nitrogens is 3. The molecule has 0 unspecified atom stereocenters. The smallest absolute Gasteiger partial charge is 0.323 e. The molecule has 4 aromatic rings. The first-order chi connectivity index (χ1) is 19.2. The molecule has 3 amide bonds. The molecule has 206 valence electrons. The van der Waals surface area contributed by atoms with E-state index in [1.807, 2.05) is 10.9 Å². The van der Waals surface area contributed by atoms with Crippen LogP contribution in [0, 0.1) is 0 Å². The Morgan fingerprint density at radius 2 is 1.77 bits per heavy atom. The number of ether oxygens (including phenoxy) is 1. The molecule has 1 aliphatic heterocycles. The maximum absolute atomic E-state index is 13.0. The van der Waals surface area contributed by atoms with Crippen LogP contribution in [0.15, 0.2) is 67.0 Å². The minimum absolute atomic E-state index is 0.255. The molecule has 0 saturated heterocycles. The Kier molecular flexibility index (Phi) is 7.52. The molecule has 0 bridgehead atoms. The van der Waals surface area contributed by atoms with E-state index in [2.05, 4.69) is 65.2 Å². The van der Waals surface area contributed by atoms with Gasteiger partial charge >= 0.3 is 6.03 Å². The summed E-state index contributed by atoms with van der Waals surface area (Å²) in [5.41, 5.74) is 5.52. The number of carbonyl (C=O) groups is 2. The van der Waals surface area contributed by atoms with Gasteiger partial charge in [0.05, 0.1) is 11.2 Å². The molecule has 10 nitrogen and oxygen atoms in total. The Morgan fingerprint density at radius 3 is 2.52 bits per heavy atom. The van der Waals surface area contributed by atoms with Gasteiger partial charge in [-0.25, -0.2) is 4.79 Å². The standard InChI is InChI=1S/C30H33N7O3/c1-30(2,3)37-18-26(27(36-37)20-5-6-21-17-32-13-11-19(21)15-20)35-29(39)34-22-7-9-23(10-8-22)40-24-12-14-33-25(16-24)28(38)31-4/h5-10,12,14-16,18,32H,11,13,17H2,1-4H3,(H,31,38)(H2,34,35,39). The normalized spacial score (nSPS) is 12.8. The number of nitrogens with one attached hydrogen (secondary N) is 4. The highest BCUT2D eigenvalue weighted by Gasteiger charge is 2.21. The third kappa shape index (κ3) is 6.13. The first kappa shape index (κ1) is 26.9. The summed E-state index contributed by atoms with van der Waals surface area (Å²) in [7, 11) is 1.54. The zero-order valence-corrected chi connectivity index (χ0v) is 23.0. The van der Waals surface area contributed by atoms with E-state index in [9.17, 15) is 9.59 Å². The van der Waals surface area contributed by atoms with Crippen LogP contribution in [0.3, 0.4) is 0 Å². The van der Waals surface area contributed by atoms with Crippen molar-refractivity contribution in [3.05, 3.63) is 83.8 Å². The number of rotatable bonds is 6. The maximum atomic E-state index is 13.0. The number of nitrogens with zero attached hydrogens (tertiary/aromatic N) is 3. The van der Waals surface area contributed by atoms with Gasteiger partial charge in [0.2, 0.25) is 0 Å². The van der Waals surface area contributed by atoms with Crippen LogP contribution in [0.25, 0.3) is 11.3 Å². The van der Waals surface area contributed by atoms with Gasteiger partial charge in [-0.3, -0.25) is 14.5 Å². The predicted molar refractivity (Wildman–Crippen MR) is 155 cm³/mol. The monoisotopic (exact) mass is 539 g/mol. The zero-order valence-electron chi connectivity index (χ0n) is 23.0. The molecule has 1 aliphatic rings. The largest absolute Gasteiger partial charge is 0.457 e. The summed E-state index contributed by atoms with van der Waals surface area (Å²) in [6.07, 6.45) is 4.34. The second-order valence-corrected chi connectivity index (χ2v) is 10.6. The number of urea groups is 1. The number of fused-ring (bicyclic) bond motifs is 1. The van der Waals surface area contributed by atoms with Crippen LogP contribution in [-0.4, -0.2) is 40.3 Å². The highest BCUT2D eigenvalue weighted by atomic mass is 16.5. The first-order valence-corrected chi connectivity index (χ1v) is 13.2. The van der Waals surface area contributed by atoms with Crippen LogP contribution in [0.5, 0.6) is 11.5 Å². The van der Waals surface area contributed by atoms with Gasteiger partial charge in [-0.15, -0.1) is 0 Å². The third-order valence-electron chi connectivity index (χ3n) is 6.55. The van der Waals surface area contributed by atoms with E-state index in [1.54, 1.807) is 43.4 Å². The average molecular weight is 540 g/mol. The van der Waals surface area contributed by atoms with Gasteiger partial charge < -0.3 is 26.0 Å². The van der Waals surface area contributed by atoms with Crippen molar-refractivity contribution in [2.45, 2.75) is 39.3 Å². The van der Waals surface area contributed by atoms with Gasteiger partial charge in [0.25, 0.3) is 5.91 Å². The Balaban J connectivity index is 1.30. The van der Waals surface area contributed by atoms with E-state index in [4.69, 9.17) is 9.84 Å². The van der Waals surface area contributed by atoms with Crippen molar-refractivity contribution < 1.29 is 14.3 Å². The van der Waals surface area contributed by atoms with E-state index in [0.29, 0.717) is 22.9 Å². The number of amides is 3. The van der Waals surface area contributed by atoms with E-state index in [0.717, 1.165) is 30.8 Å². The second kappa shape index (κ2) is 11.2. The van der Waals surface area contributed by atoms with Crippen molar-refractivity contribution in [3.8, 4) is 22.8 Å². The van der Waals surface area contributed by atoms with Gasteiger partial charge in [0.1, 0.15) is 22.9 Å². The molecule has 0 radical (unpaired) electrons. The number of benzene rings is 2. The van der Waals surface area contributed by atoms with Gasteiger partial charge in [-0.2, -0.15) is 5.10 Å². The Bertz CT molecular complexity index is 1540. The number of hydrogen-bond donors (Lipinski definition) is 4. The van der Waals surface area contributed by atoms with Gasteiger partial charge in [0, 0.05) is 43.3 Å². The van der Waals surface area contributed by atoms with E-state index >= 15 is 0 Å². The third-order valence-corrected chi connectivity index (χ3v) is 6.55. The fourth-order valence-corrected chi connectivity index (χ4v) is 4.40. The summed E-state index contributed by atoms with van der Waals surface area (Å²) in [6, 6.07) is 16.2. The van der Waals surface area contributed by atoms with Crippen LogP contribution in [0.4, 0.5) is 16.2 Å². The molecule has 40 heavy (non-hydrogen) atoms. The van der Waals surface area contributed by atoms with Crippen LogP contribution in [0.2, 0.25) is 0 Å². The molecular weight excluding hydrogens is 506 g/mol. The molecule has 2 aromatic heterocycles. The molecule has 0 saturated carbocycles. The first-order valence-electron chi connectivity index (χ1n) is 13.2.